The van der Waals surface area contributed by atoms with Gasteiger partial charge in [0.05, 0.1) is 13.2 Å². The summed E-state index contributed by atoms with van der Waals surface area (Å²) in [6, 6.07) is 0. The Bertz CT molecular complexity index is 375. The Balaban J connectivity index is 1.85. The fraction of sp³-hybridized carbons (Fsp3) is 1.00. The zero-order valence-corrected chi connectivity index (χ0v) is 10.4. The first-order valence-corrected chi connectivity index (χ1v) is 8.01. The third-order valence-corrected chi connectivity index (χ3v) is 7.12. The van der Waals surface area contributed by atoms with E-state index in [1.165, 1.54) is 11.3 Å². The molecule has 0 aromatic rings. The zero-order chi connectivity index (χ0) is 11.2. The van der Waals surface area contributed by atoms with E-state index in [-0.39, 0.29) is 10.8 Å². The van der Waals surface area contributed by atoms with Crippen molar-refractivity contribution >= 4 is 9.84 Å². The van der Waals surface area contributed by atoms with Crippen LogP contribution in [-0.4, -0.2) is 51.3 Å². The second-order valence-corrected chi connectivity index (χ2v) is 7.60. The highest BCUT2D eigenvalue weighted by molar-refractivity contribution is 7.93. The number of hydrogen-bond donors (Lipinski definition) is 1. The van der Waals surface area contributed by atoms with Crippen LogP contribution in [0.1, 0.15) is 25.7 Å². The molecule has 0 aromatic heterocycles. The molecule has 2 aliphatic heterocycles. The van der Waals surface area contributed by atoms with Crippen LogP contribution >= 0.6 is 0 Å². The maximum atomic E-state index is 11.9. The van der Waals surface area contributed by atoms with Crippen LogP contribution in [0.15, 0.2) is 0 Å². The van der Waals surface area contributed by atoms with E-state index in [0.29, 0.717) is 5.75 Å². The van der Waals surface area contributed by atoms with Crippen LogP contribution in [0.25, 0.3) is 0 Å². The van der Waals surface area contributed by atoms with E-state index in [4.69, 9.17) is 4.74 Å². The lowest BCUT2D eigenvalue weighted by molar-refractivity contribution is -0.959. The van der Waals surface area contributed by atoms with E-state index in [0.717, 1.165) is 45.6 Å². The molecule has 1 aliphatic carbocycles. The lowest BCUT2D eigenvalue weighted by atomic mass is 9.80. The van der Waals surface area contributed by atoms with Gasteiger partial charge in [0.2, 0.25) is 0 Å². The van der Waals surface area contributed by atoms with E-state index in [1.54, 1.807) is 0 Å². The first-order valence-electron chi connectivity index (χ1n) is 6.30. The fourth-order valence-electron chi connectivity index (χ4n) is 3.88. The van der Waals surface area contributed by atoms with E-state index in [2.05, 4.69) is 0 Å². The number of quaternary nitrogens is 1. The smallest absolute Gasteiger partial charge is 0.165 e. The summed E-state index contributed by atoms with van der Waals surface area (Å²) in [5.74, 6) is 0.431. The third kappa shape index (κ3) is 1.45. The van der Waals surface area contributed by atoms with Crippen molar-refractivity contribution in [3.05, 3.63) is 0 Å². The summed E-state index contributed by atoms with van der Waals surface area (Å²) in [7, 11) is -2.75. The zero-order valence-electron chi connectivity index (χ0n) is 9.57. The summed E-state index contributed by atoms with van der Waals surface area (Å²) in [5, 5.41) is -0.0400. The molecule has 2 unspecified atom stereocenters. The van der Waals surface area contributed by atoms with E-state index < -0.39 is 9.84 Å². The van der Waals surface area contributed by atoms with Crippen molar-refractivity contribution in [3.63, 3.8) is 0 Å². The second kappa shape index (κ2) is 3.68. The van der Waals surface area contributed by atoms with Gasteiger partial charge < -0.3 is 9.64 Å². The van der Waals surface area contributed by atoms with Crippen LogP contribution < -0.4 is 4.90 Å². The number of fused-ring (bicyclic) bond motifs is 1. The molecule has 0 bridgehead atoms. The van der Waals surface area contributed by atoms with Crippen molar-refractivity contribution in [1.82, 2.24) is 0 Å². The normalized spacial score (nSPS) is 43.4. The predicted octanol–water partition coefficient (Wildman–Crippen LogP) is -0.989. The average Bonchev–Trinajstić information content (AvgIpc) is 2.29. The van der Waals surface area contributed by atoms with Crippen LogP contribution in [0, 0.1) is 0 Å². The van der Waals surface area contributed by atoms with Crippen LogP contribution in [0.5, 0.6) is 0 Å². The molecule has 0 amide bonds. The molecule has 5 heteroatoms. The molecule has 0 spiro atoms. The molecular formula is C11H20NO3S+. The Kier molecular flexibility index (Phi) is 2.53. The molecule has 92 valence electrons. The minimum Gasteiger partial charge on any atom is -0.370 e. The minimum atomic E-state index is -2.75. The quantitative estimate of drug-likeness (QED) is 0.646. The largest absolute Gasteiger partial charge is 0.370 e. The molecule has 3 aliphatic rings. The number of ether oxygens (including phenoxy) is 1. The summed E-state index contributed by atoms with van der Waals surface area (Å²) in [4.78, 5) is 1.50. The average molecular weight is 246 g/mol. The molecule has 0 aromatic carbocycles. The van der Waals surface area contributed by atoms with Gasteiger partial charge in [-0.3, -0.25) is 0 Å². The van der Waals surface area contributed by atoms with Crippen LogP contribution in [0.3, 0.4) is 0 Å². The number of rotatable bonds is 1. The highest BCUT2D eigenvalue weighted by Crippen LogP contribution is 2.41. The molecule has 2 atom stereocenters. The topological polar surface area (TPSA) is 47.8 Å². The van der Waals surface area contributed by atoms with Crippen molar-refractivity contribution in [2.45, 2.75) is 36.5 Å². The lowest BCUT2D eigenvalue weighted by Gasteiger charge is -2.54. The molecule has 2 heterocycles. The summed E-state index contributed by atoms with van der Waals surface area (Å²) in [6.45, 7) is 3.58. The van der Waals surface area contributed by atoms with Gasteiger partial charge in [-0.15, -0.1) is 0 Å². The number of nitrogens with one attached hydrogen (secondary N) is 1. The molecule has 2 saturated heterocycles. The minimum absolute atomic E-state index is 0.0400. The SMILES string of the molecule is O=S1(=O)CC2([NH+]3CCOCC3)CCCCC21. The fourth-order valence-corrected chi connectivity index (χ4v) is 6.63. The van der Waals surface area contributed by atoms with Gasteiger partial charge in [0.25, 0.3) is 0 Å². The maximum absolute atomic E-state index is 11.9. The third-order valence-electron chi connectivity index (χ3n) is 4.65. The molecular weight excluding hydrogens is 226 g/mol. The Hall–Kier alpha value is -0.130. The lowest BCUT2D eigenvalue weighted by Crippen LogP contribution is -3.26. The highest BCUT2D eigenvalue weighted by Gasteiger charge is 2.65. The molecule has 1 N–H and O–H groups in total. The maximum Gasteiger partial charge on any atom is 0.165 e. The van der Waals surface area contributed by atoms with E-state index in [1.807, 2.05) is 0 Å². The van der Waals surface area contributed by atoms with Crippen molar-refractivity contribution in [2.24, 2.45) is 0 Å². The van der Waals surface area contributed by atoms with Gasteiger partial charge >= 0.3 is 0 Å². The highest BCUT2D eigenvalue weighted by atomic mass is 32.2. The van der Waals surface area contributed by atoms with Gasteiger partial charge in [-0.25, -0.2) is 8.42 Å². The van der Waals surface area contributed by atoms with Gasteiger partial charge in [0.15, 0.2) is 9.84 Å². The second-order valence-electron chi connectivity index (χ2n) is 5.41. The van der Waals surface area contributed by atoms with Gasteiger partial charge in [-0.1, -0.05) is 6.42 Å². The number of hydrogen-bond acceptors (Lipinski definition) is 3. The summed E-state index contributed by atoms with van der Waals surface area (Å²) >= 11 is 0. The van der Waals surface area contributed by atoms with Crippen LogP contribution in [0.4, 0.5) is 0 Å². The van der Waals surface area contributed by atoms with Crippen molar-refractivity contribution in [2.75, 3.05) is 32.1 Å². The Morgan fingerprint density at radius 2 is 1.94 bits per heavy atom. The molecule has 0 radical (unpaired) electrons. The van der Waals surface area contributed by atoms with Crippen molar-refractivity contribution in [1.29, 1.82) is 0 Å². The summed E-state index contributed by atoms with van der Waals surface area (Å²) in [5.41, 5.74) is 0.0703. The summed E-state index contributed by atoms with van der Waals surface area (Å²) in [6.07, 6.45) is 4.30. The molecule has 16 heavy (non-hydrogen) atoms. The van der Waals surface area contributed by atoms with Crippen molar-refractivity contribution < 1.29 is 18.1 Å². The van der Waals surface area contributed by atoms with Gasteiger partial charge in [-0.05, 0) is 12.8 Å². The number of morpholine rings is 1. The van der Waals surface area contributed by atoms with Crippen LogP contribution in [0.2, 0.25) is 0 Å². The van der Waals surface area contributed by atoms with Gasteiger partial charge in [0.1, 0.15) is 29.6 Å². The first kappa shape index (κ1) is 11.0. The Morgan fingerprint density at radius 1 is 1.19 bits per heavy atom. The molecule has 3 fully saturated rings. The van der Waals surface area contributed by atoms with E-state index in [9.17, 15) is 8.42 Å². The van der Waals surface area contributed by atoms with Gasteiger partial charge in [-0.2, -0.15) is 0 Å². The molecule has 3 rings (SSSR count). The molecule has 1 saturated carbocycles. The molecule has 4 nitrogen and oxygen atoms in total. The van der Waals surface area contributed by atoms with Crippen molar-refractivity contribution in [3.8, 4) is 0 Å². The summed E-state index contributed by atoms with van der Waals surface area (Å²) < 4.78 is 29.1. The Morgan fingerprint density at radius 3 is 2.62 bits per heavy atom. The van der Waals surface area contributed by atoms with Gasteiger partial charge in [0, 0.05) is 6.42 Å². The predicted molar refractivity (Wildman–Crippen MR) is 60.3 cm³/mol. The van der Waals surface area contributed by atoms with Crippen LogP contribution in [-0.2, 0) is 14.6 Å². The standard InChI is InChI=1S/C11H19NO3S/c13-16(14)9-11(4-2-1-3-10(11)16)12-5-7-15-8-6-12/h10H,1-9H2/p+1. The van der Waals surface area contributed by atoms with E-state index >= 15 is 0 Å². The Labute approximate surface area is 96.9 Å². The first-order chi connectivity index (χ1) is 7.65. The monoisotopic (exact) mass is 246 g/mol. The number of sulfone groups is 1.